The fourth-order valence-corrected chi connectivity index (χ4v) is 2.91. The van der Waals surface area contributed by atoms with Crippen LogP contribution in [-0.2, 0) is 44.7 Å². The molecule has 0 aliphatic heterocycles. The molecule has 1 aromatic rings. The predicted octanol–water partition coefficient (Wildman–Crippen LogP) is 1.53. The zero-order chi connectivity index (χ0) is 14.3. The molecule has 0 fully saturated rings. The largest absolute Gasteiger partial charge is 0.466 e. The van der Waals surface area contributed by atoms with Gasteiger partial charge in [0, 0.05) is 12.8 Å². The third-order valence-electron chi connectivity index (χ3n) is 4.15. The van der Waals surface area contributed by atoms with Gasteiger partial charge in [-0.2, -0.15) is 0 Å². The van der Waals surface area contributed by atoms with Crippen molar-refractivity contribution < 1.29 is 19.1 Å². The fraction of sp³-hybridized carbons (Fsp3) is 0.375. The summed E-state index contributed by atoms with van der Waals surface area (Å²) in [7, 11) is 2.66. The van der Waals surface area contributed by atoms with Crippen LogP contribution in [0.15, 0.2) is 23.3 Å². The third kappa shape index (κ3) is 1.92. The van der Waals surface area contributed by atoms with Crippen LogP contribution in [0, 0.1) is 0 Å². The Morgan fingerprint density at radius 1 is 0.800 bits per heavy atom. The molecule has 0 atom stereocenters. The molecule has 104 valence electrons. The second-order valence-electron chi connectivity index (χ2n) is 5.18. The van der Waals surface area contributed by atoms with Crippen molar-refractivity contribution in [2.75, 3.05) is 14.2 Å². The van der Waals surface area contributed by atoms with Crippen molar-refractivity contribution in [3.8, 4) is 0 Å². The van der Waals surface area contributed by atoms with Crippen LogP contribution in [0.3, 0.4) is 0 Å². The minimum Gasteiger partial charge on any atom is -0.466 e. The summed E-state index contributed by atoms with van der Waals surface area (Å²) in [6.07, 6.45) is 3.09. The number of esters is 2. The summed E-state index contributed by atoms with van der Waals surface area (Å²) in [6, 6.07) is 4.32. The van der Waals surface area contributed by atoms with E-state index >= 15 is 0 Å². The second-order valence-corrected chi connectivity index (χ2v) is 5.18. The number of hydrogen-bond donors (Lipinski definition) is 0. The van der Waals surface area contributed by atoms with E-state index in [9.17, 15) is 9.59 Å². The Kier molecular flexibility index (Phi) is 3.08. The van der Waals surface area contributed by atoms with E-state index < -0.39 is 11.9 Å². The van der Waals surface area contributed by atoms with Crippen molar-refractivity contribution in [1.29, 1.82) is 0 Å². The highest BCUT2D eigenvalue weighted by molar-refractivity contribution is 6.01. The summed E-state index contributed by atoms with van der Waals surface area (Å²) >= 11 is 0. The van der Waals surface area contributed by atoms with Gasteiger partial charge in [0.05, 0.1) is 25.4 Å². The number of aryl methyl sites for hydroxylation is 2. The van der Waals surface area contributed by atoms with Gasteiger partial charge in [-0.1, -0.05) is 12.1 Å². The highest BCUT2D eigenvalue weighted by Gasteiger charge is 2.29. The number of rotatable bonds is 2. The van der Waals surface area contributed by atoms with Gasteiger partial charge in [0.1, 0.15) is 0 Å². The van der Waals surface area contributed by atoms with Gasteiger partial charge < -0.3 is 9.47 Å². The number of carbonyl (C=O) groups is 2. The van der Waals surface area contributed by atoms with E-state index in [2.05, 4.69) is 12.1 Å². The standard InChI is InChI=1S/C16H16O4/c1-19-15(17)13-7-11-5-9-3-4-10(9)6-12(11)8-14(13)16(18)20-2/h5-6H,3-4,7-8H2,1-2H3. The van der Waals surface area contributed by atoms with Crippen LogP contribution in [-0.4, -0.2) is 26.2 Å². The molecule has 0 bridgehead atoms. The van der Waals surface area contributed by atoms with Gasteiger partial charge in [-0.05, 0) is 35.1 Å². The maximum Gasteiger partial charge on any atom is 0.334 e. The van der Waals surface area contributed by atoms with E-state index in [0.717, 1.165) is 24.0 Å². The van der Waals surface area contributed by atoms with Crippen molar-refractivity contribution >= 4 is 11.9 Å². The molecule has 0 unspecified atom stereocenters. The van der Waals surface area contributed by atoms with Gasteiger partial charge in [-0.25, -0.2) is 9.59 Å². The number of benzene rings is 1. The molecule has 3 rings (SSSR count). The van der Waals surface area contributed by atoms with Crippen LogP contribution in [0.4, 0.5) is 0 Å². The Hall–Kier alpha value is -2.10. The quantitative estimate of drug-likeness (QED) is 0.766. The van der Waals surface area contributed by atoms with E-state index in [1.165, 1.54) is 25.3 Å². The predicted molar refractivity (Wildman–Crippen MR) is 72.3 cm³/mol. The van der Waals surface area contributed by atoms with Crippen LogP contribution >= 0.6 is 0 Å². The molecule has 20 heavy (non-hydrogen) atoms. The summed E-state index contributed by atoms with van der Waals surface area (Å²) < 4.78 is 9.59. The molecule has 0 heterocycles. The minimum atomic E-state index is -0.446. The Balaban J connectivity index is 2.04. The van der Waals surface area contributed by atoms with Crippen LogP contribution in [0.5, 0.6) is 0 Å². The van der Waals surface area contributed by atoms with Gasteiger partial charge in [-0.15, -0.1) is 0 Å². The number of methoxy groups -OCH3 is 2. The SMILES string of the molecule is COC(=O)C1=C(C(=O)OC)Cc2cc3c(cc2C1)CC3. The lowest BCUT2D eigenvalue weighted by molar-refractivity contribution is -0.139. The van der Waals surface area contributed by atoms with E-state index in [1.54, 1.807) is 0 Å². The smallest absolute Gasteiger partial charge is 0.334 e. The first-order chi connectivity index (χ1) is 9.63. The summed E-state index contributed by atoms with van der Waals surface area (Å²) in [4.78, 5) is 23.8. The molecule has 2 aliphatic carbocycles. The molecule has 0 N–H and O–H groups in total. The van der Waals surface area contributed by atoms with Crippen LogP contribution in [0.1, 0.15) is 22.3 Å². The van der Waals surface area contributed by atoms with Gasteiger partial charge >= 0.3 is 11.9 Å². The molecule has 4 heteroatoms. The lowest BCUT2D eigenvalue weighted by atomic mass is 9.79. The van der Waals surface area contributed by atoms with Gasteiger partial charge in [0.15, 0.2) is 0 Å². The summed E-state index contributed by atoms with van der Waals surface area (Å²) in [5, 5.41) is 0. The summed E-state index contributed by atoms with van der Waals surface area (Å²) in [5.41, 5.74) is 5.80. The van der Waals surface area contributed by atoms with Gasteiger partial charge in [-0.3, -0.25) is 0 Å². The first-order valence-corrected chi connectivity index (χ1v) is 6.66. The molecular formula is C16H16O4. The Morgan fingerprint density at radius 2 is 1.20 bits per heavy atom. The van der Waals surface area contributed by atoms with Crippen LogP contribution in [0.25, 0.3) is 0 Å². The lowest BCUT2D eigenvalue weighted by Gasteiger charge is -2.26. The summed E-state index contributed by atoms with van der Waals surface area (Å²) in [5.74, 6) is -0.891. The van der Waals surface area contributed by atoms with Gasteiger partial charge in [0.2, 0.25) is 0 Å². The molecule has 0 saturated carbocycles. The second kappa shape index (κ2) is 4.78. The first kappa shape index (κ1) is 12.9. The van der Waals surface area contributed by atoms with Crippen LogP contribution in [0.2, 0.25) is 0 Å². The van der Waals surface area contributed by atoms with Crippen molar-refractivity contribution in [3.05, 3.63) is 45.5 Å². The third-order valence-corrected chi connectivity index (χ3v) is 4.15. The Labute approximate surface area is 117 Å². The monoisotopic (exact) mass is 272 g/mol. The topological polar surface area (TPSA) is 52.6 Å². The van der Waals surface area contributed by atoms with E-state index in [4.69, 9.17) is 9.47 Å². The van der Waals surface area contributed by atoms with Gasteiger partial charge in [0.25, 0.3) is 0 Å². The highest BCUT2D eigenvalue weighted by Crippen LogP contribution is 2.33. The number of fused-ring (bicyclic) bond motifs is 2. The van der Waals surface area contributed by atoms with Crippen molar-refractivity contribution in [3.63, 3.8) is 0 Å². The van der Waals surface area contributed by atoms with E-state index in [-0.39, 0.29) is 0 Å². The fourth-order valence-electron chi connectivity index (χ4n) is 2.91. The van der Waals surface area contributed by atoms with Crippen molar-refractivity contribution in [1.82, 2.24) is 0 Å². The lowest BCUT2D eigenvalue weighted by Crippen LogP contribution is -2.23. The van der Waals surface area contributed by atoms with E-state index in [1.807, 2.05) is 0 Å². The van der Waals surface area contributed by atoms with Crippen LogP contribution < -0.4 is 0 Å². The molecule has 1 aromatic carbocycles. The Morgan fingerprint density at radius 3 is 1.50 bits per heavy atom. The van der Waals surface area contributed by atoms with Crippen molar-refractivity contribution in [2.45, 2.75) is 25.7 Å². The first-order valence-electron chi connectivity index (χ1n) is 6.66. The number of ether oxygens (including phenoxy) is 2. The number of carbonyl (C=O) groups excluding carboxylic acids is 2. The molecule has 0 aromatic heterocycles. The average Bonchev–Trinajstić information content (AvgIpc) is 2.46. The zero-order valence-electron chi connectivity index (χ0n) is 11.6. The average molecular weight is 272 g/mol. The normalized spacial score (nSPS) is 15.9. The zero-order valence-corrected chi connectivity index (χ0v) is 11.6. The molecule has 0 radical (unpaired) electrons. The molecule has 0 amide bonds. The molecule has 0 spiro atoms. The highest BCUT2D eigenvalue weighted by atomic mass is 16.5. The number of hydrogen-bond acceptors (Lipinski definition) is 4. The summed E-state index contributed by atoms with van der Waals surface area (Å²) in [6.45, 7) is 0. The molecular weight excluding hydrogens is 256 g/mol. The molecule has 2 aliphatic rings. The van der Waals surface area contributed by atoms with E-state index in [0.29, 0.717) is 24.0 Å². The molecule has 4 nitrogen and oxygen atoms in total. The minimum absolute atomic E-state index is 0.422. The maximum absolute atomic E-state index is 11.9. The van der Waals surface area contributed by atoms with Crippen molar-refractivity contribution in [2.24, 2.45) is 0 Å². The maximum atomic E-state index is 11.9. The Bertz CT molecular complexity index is 585. The molecule has 0 saturated heterocycles.